The number of fused-ring (bicyclic) bond motifs is 1. The second-order valence-corrected chi connectivity index (χ2v) is 5.35. The SMILES string of the molecule is CC1=CC(OC=C2C(=O)N(C)C3CCCC23)OC1=O. The Morgan fingerprint density at radius 2 is 2.21 bits per heavy atom. The number of carbonyl (C=O) groups is 2. The van der Waals surface area contributed by atoms with Crippen LogP contribution in [0.15, 0.2) is 23.5 Å². The third kappa shape index (κ3) is 1.93. The lowest BCUT2D eigenvalue weighted by molar-refractivity contribution is -0.152. The van der Waals surface area contributed by atoms with Crippen molar-refractivity contribution >= 4 is 11.9 Å². The molecule has 0 aromatic carbocycles. The maximum Gasteiger partial charge on any atom is 0.336 e. The summed E-state index contributed by atoms with van der Waals surface area (Å²) in [5.41, 5.74) is 1.25. The highest BCUT2D eigenvalue weighted by molar-refractivity contribution is 5.96. The zero-order valence-electron chi connectivity index (χ0n) is 11.1. The van der Waals surface area contributed by atoms with Crippen LogP contribution in [0.2, 0.25) is 0 Å². The Balaban J connectivity index is 1.73. The molecule has 1 saturated heterocycles. The van der Waals surface area contributed by atoms with Crippen molar-refractivity contribution in [3.8, 4) is 0 Å². The van der Waals surface area contributed by atoms with Gasteiger partial charge in [-0.1, -0.05) is 6.42 Å². The summed E-state index contributed by atoms with van der Waals surface area (Å²) in [6.07, 6.45) is 5.63. The highest BCUT2D eigenvalue weighted by Crippen LogP contribution is 2.41. The third-order valence-electron chi connectivity index (χ3n) is 4.20. The molecular weight excluding hydrogens is 246 g/mol. The molecule has 0 aromatic rings. The zero-order chi connectivity index (χ0) is 13.6. The summed E-state index contributed by atoms with van der Waals surface area (Å²) < 4.78 is 10.4. The summed E-state index contributed by atoms with van der Waals surface area (Å²) in [5.74, 6) is -0.0728. The first kappa shape index (κ1) is 12.3. The van der Waals surface area contributed by atoms with E-state index < -0.39 is 6.29 Å². The maximum absolute atomic E-state index is 12.1. The molecule has 1 amide bonds. The Bertz CT molecular complexity index is 494. The molecular formula is C14H17NO4. The fourth-order valence-electron chi connectivity index (χ4n) is 3.13. The first-order chi connectivity index (χ1) is 9.08. The molecule has 2 aliphatic heterocycles. The lowest BCUT2D eigenvalue weighted by Crippen LogP contribution is -2.28. The van der Waals surface area contributed by atoms with E-state index in [4.69, 9.17) is 9.47 Å². The van der Waals surface area contributed by atoms with Gasteiger partial charge in [-0.3, -0.25) is 4.79 Å². The minimum atomic E-state index is -0.696. The smallest absolute Gasteiger partial charge is 0.336 e. The quantitative estimate of drug-likeness (QED) is 0.429. The molecule has 0 radical (unpaired) electrons. The first-order valence-electron chi connectivity index (χ1n) is 6.60. The van der Waals surface area contributed by atoms with Gasteiger partial charge in [-0.05, 0) is 19.8 Å². The number of rotatable bonds is 2. The second kappa shape index (κ2) is 4.40. The van der Waals surface area contributed by atoms with Gasteiger partial charge < -0.3 is 14.4 Å². The molecule has 5 nitrogen and oxygen atoms in total. The predicted octanol–water partition coefficient (Wildman–Crippen LogP) is 1.36. The van der Waals surface area contributed by atoms with Crippen molar-refractivity contribution in [2.45, 2.75) is 38.5 Å². The molecule has 2 heterocycles. The van der Waals surface area contributed by atoms with Crippen molar-refractivity contribution in [1.82, 2.24) is 4.90 Å². The van der Waals surface area contributed by atoms with Gasteiger partial charge in [0.25, 0.3) is 12.2 Å². The highest BCUT2D eigenvalue weighted by atomic mass is 16.7. The number of nitrogens with zero attached hydrogens (tertiary/aromatic N) is 1. The van der Waals surface area contributed by atoms with E-state index in [1.54, 1.807) is 17.9 Å². The maximum atomic E-state index is 12.1. The van der Waals surface area contributed by atoms with Gasteiger partial charge in [-0.25, -0.2) is 4.79 Å². The van der Waals surface area contributed by atoms with Crippen LogP contribution in [-0.2, 0) is 19.1 Å². The molecule has 0 aromatic heterocycles. The van der Waals surface area contributed by atoms with Gasteiger partial charge in [-0.15, -0.1) is 0 Å². The van der Waals surface area contributed by atoms with Gasteiger partial charge in [-0.2, -0.15) is 0 Å². The van der Waals surface area contributed by atoms with Crippen molar-refractivity contribution in [1.29, 1.82) is 0 Å². The predicted molar refractivity (Wildman–Crippen MR) is 66.7 cm³/mol. The van der Waals surface area contributed by atoms with Crippen LogP contribution < -0.4 is 0 Å². The van der Waals surface area contributed by atoms with Crippen LogP contribution in [0.5, 0.6) is 0 Å². The number of carbonyl (C=O) groups excluding carboxylic acids is 2. The van der Waals surface area contributed by atoms with Crippen LogP contribution in [0.25, 0.3) is 0 Å². The molecule has 0 bridgehead atoms. The molecule has 2 fully saturated rings. The van der Waals surface area contributed by atoms with E-state index in [1.807, 2.05) is 7.05 Å². The summed E-state index contributed by atoms with van der Waals surface area (Å²) in [7, 11) is 1.84. The van der Waals surface area contributed by atoms with Crippen LogP contribution in [-0.4, -0.2) is 36.2 Å². The molecule has 3 rings (SSSR count). The Kier molecular flexibility index (Phi) is 2.84. The molecule has 5 heteroatoms. The van der Waals surface area contributed by atoms with E-state index in [1.165, 1.54) is 6.26 Å². The number of amides is 1. The second-order valence-electron chi connectivity index (χ2n) is 5.35. The van der Waals surface area contributed by atoms with Crippen LogP contribution in [0.3, 0.4) is 0 Å². The fourth-order valence-corrected chi connectivity index (χ4v) is 3.13. The number of cyclic esters (lactones) is 1. The van der Waals surface area contributed by atoms with E-state index in [2.05, 4.69) is 0 Å². The highest BCUT2D eigenvalue weighted by Gasteiger charge is 2.45. The molecule has 3 atom stereocenters. The summed E-state index contributed by atoms with van der Waals surface area (Å²) in [6.45, 7) is 1.68. The Hall–Kier alpha value is -1.78. The van der Waals surface area contributed by atoms with Crippen molar-refractivity contribution in [2.24, 2.45) is 5.92 Å². The van der Waals surface area contributed by atoms with E-state index in [0.717, 1.165) is 19.3 Å². The molecule has 0 spiro atoms. The Labute approximate surface area is 111 Å². The van der Waals surface area contributed by atoms with E-state index in [9.17, 15) is 9.59 Å². The Morgan fingerprint density at radius 3 is 2.89 bits per heavy atom. The number of likely N-dealkylation sites (tertiary alicyclic amines) is 1. The van der Waals surface area contributed by atoms with Gasteiger partial charge in [0.2, 0.25) is 0 Å². The van der Waals surface area contributed by atoms with Crippen molar-refractivity contribution < 1.29 is 19.1 Å². The van der Waals surface area contributed by atoms with Crippen LogP contribution in [0, 0.1) is 5.92 Å². The normalized spacial score (nSPS) is 35.7. The molecule has 3 unspecified atom stereocenters. The standard InChI is InChI=1S/C14H17NO4/c1-8-6-12(19-14(8)17)18-7-10-9-4-3-5-11(9)15(2)13(10)16/h6-7,9,11-12H,3-5H2,1-2H3. The first-order valence-corrected chi connectivity index (χ1v) is 6.60. The van der Waals surface area contributed by atoms with Gasteiger partial charge >= 0.3 is 5.97 Å². The Morgan fingerprint density at radius 1 is 1.42 bits per heavy atom. The monoisotopic (exact) mass is 263 g/mol. The average molecular weight is 263 g/mol. The summed E-state index contributed by atoms with van der Waals surface area (Å²) in [6, 6.07) is 0.311. The average Bonchev–Trinajstić information content (AvgIpc) is 3.01. The van der Waals surface area contributed by atoms with Gasteiger partial charge in [0.1, 0.15) is 0 Å². The third-order valence-corrected chi connectivity index (χ3v) is 4.20. The van der Waals surface area contributed by atoms with Crippen LogP contribution >= 0.6 is 0 Å². The molecule has 3 aliphatic rings. The molecule has 102 valence electrons. The lowest BCUT2D eigenvalue weighted by Gasteiger charge is -2.16. The van der Waals surface area contributed by atoms with Crippen molar-refractivity contribution in [2.75, 3.05) is 7.05 Å². The minimum Gasteiger partial charge on any atom is -0.458 e. The summed E-state index contributed by atoms with van der Waals surface area (Å²) in [4.78, 5) is 25.1. The van der Waals surface area contributed by atoms with Crippen molar-refractivity contribution in [3.63, 3.8) is 0 Å². The van der Waals surface area contributed by atoms with E-state index in [-0.39, 0.29) is 17.8 Å². The van der Waals surface area contributed by atoms with Gasteiger partial charge in [0.05, 0.1) is 11.8 Å². The number of hydrogen-bond acceptors (Lipinski definition) is 4. The number of hydrogen-bond donors (Lipinski definition) is 0. The molecule has 1 aliphatic carbocycles. The molecule has 19 heavy (non-hydrogen) atoms. The van der Waals surface area contributed by atoms with E-state index >= 15 is 0 Å². The van der Waals surface area contributed by atoms with Crippen molar-refractivity contribution in [3.05, 3.63) is 23.5 Å². The summed E-state index contributed by atoms with van der Waals surface area (Å²) in [5, 5.41) is 0. The number of likely N-dealkylation sites (N-methyl/N-ethyl adjacent to an activating group) is 1. The van der Waals surface area contributed by atoms with Crippen LogP contribution in [0.4, 0.5) is 0 Å². The molecule has 1 saturated carbocycles. The molecule has 0 N–H and O–H groups in total. The van der Waals surface area contributed by atoms with Gasteiger partial charge in [0.15, 0.2) is 0 Å². The minimum absolute atomic E-state index is 0.0275. The zero-order valence-corrected chi connectivity index (χ0v) is 11.1. The van der Waals surface area contributed by atoms with E-state index in [0.29, 0.717) is 17.2 Å². The largest absolute Gasteiger partial charge is 0.458 e. The number of ether oxygens (including phenoxy) is 2. The van der Waals surface area contributed by atoms with Crippen LogP contribution in [0.1, 0.15) is 26.2 Å². The summed E-state index contributed by atoms with van der Waals surface area (Å²) >= 11 is 0. The van der Waals surface area contributed by atoms with Gasteiger partial charge in [0, 0.05) is 30.7 Å². The lowest BCUT2D eigenvalue weighted by atomic mass is 10.00. The topological polar surface area (TPSA) is 55.8 Å². The fraction of sp³-hybridized carbons (Fsp3) is 0.571. The number of esters is 1.